The largest absolute Gasteiger partial charge is 0.416 e. The highest BCUT2D eigenvalue weighted by Crippen LogP contribution is 2.53. The molecular weight excluding hydrogens is 454 g/mol. The molecule has 2 aromatic carbocycles. The number of nitrogens with zero attached hydrogens (tertiary/aromatic N) is 2. The van der Waals surface area contributed by atoms with Crippen molar-refractivity contribution in [3.05, 3.63) is 70.8 Å². The lowest BCUT2D eigenvalue weighted by atomic mass is 9.59. The molecule has 8 heteroatoms. The monoisotopic (exact) mass is 482 g/mol. The van der Waals surface area contributed by atoms with E-state index >= 15 is 0 Å². The van der Waals surface area contributed by atoms with Crippen molar-refractivity contribution in [3.63, 3.8) is 0 Å². The van der Waals surface area contributed by atoms with Crippen molar-refractivity contribution < 1.29 is 26.3 Å². The van der Waals surface area contributed by atoms with E-state index in [2.05, 4.69) is 4.90 Å². The third kappa shape index (κ3) is 5.57. The van der Waals surface area contributed by atoms with Crippen LogP contribution in [0.2, 0.25) is 0 Å². The zero-order chi connectivity index (χ0) is 25.0. The first-order chi connectivity index (χ1) is 16.0. The summed E-state index contributed by atoms with van der Waals surface area (Å²) < 4.78 is 83.6. The number of nitriles is 1. The lowest BCUT2D eigenvalue weighted by molar-refractivity contribution is -0.145. The molecule has 0 radical (unpaired) electrons. The van der Waals surface area contributed by atoms with Crippen LogP contribution in [0, 0.1) is 17.2 Å². The summed E-state index contributed by atoms with van der Waals surface area (Å²) in [5.74, 6) is -0.536. The molecule has 0 saturated heterocycles. The van der Waals surface area contributed by atoms with E-state index in [1.54, 1.807) is 0 Å². The van der Waals surface area contributed by atoms with Crippen molar-refractivity contribution in [2.24, 2.45) is 5.92 Å². The van der Waals surface area contributed by atoms with E-state index in [1.165, 1.54) is 0 Å². The first-order valence-electron chi connectivity index (χ1n) is 11.5. The molecular formula is C26H28F6N2. The Hall–Kier alpha value is -2.53. The van der Waals surface area contributed by atoms with Crippen molar-refractivity contribution in [2.75, 3.05) is 13.1 Å². The van der Waals surface area contributed by atoms with Crippen LogP contribution in [0.5, 0.6) is 0 Å². The zero-order valence-electron chi connectivity index (χ0n) is 19.0. The molecule has 0 aromatic heterocycles. The third-order valence-electron chi connectivity index (χ3n) is 6.86. The van der Waals surface area contributed by atoms with Crippen LogP contribution in [0.15, 0.2) is 48.5 Å². The Balaban J connectivity index is 1.97. The summed E-state index contributed by atoms with van der Waals surface area (Å²) in [7, 11) is 0. The SMILES string of the molecule is CCN(CCCC(C#N)(c1c(C(F)(F)F)cccc1C(F)(F)F)C1CCC1)Cc1ccccc1. The standard InChI is InChI=1S/C26H28F6N2/c1-2-34(17-19-9-4-3-5-10-19)16-8-15-24(18-33,20-11-6-12-20)23-21(25(27,28)29)13-7-14-22(23)26(30,31)32/h3-5,7,9-10,13-14,20H,2,6,8,11-12,15-17H2,1H3. The van der Waals surface area contributed by atoms with Gasteiger partial charge in [0.2, 0.25) is 0 Å². The van der Waals surface area contributed by atoms with Crippen LogP contribution in [-0.4, -0.2) is 18.0 Å². The van der Waals surface area contributed by atoms with E-state index in [-0.39, 0.29) is 6.42 Å². The summed E-state index contributed by atoms with van der Waals surface area (Å²) >= 11 is 0. The van der Waals surface area contributed by atoms with Crippen LogP contribution in [-0.2, 0) is 24.3 Å². The zero-order valence-corrected chi connectivity index (χ0v) is 19.0. The molecule has 1 aliphatic rings. The van der Waals surface area contributed by atoms with E-state index in [4.69, 9.17) is 0 Å². The molecule has 0 amide bonds. The molecule has 0 bridgehead atoms. The molecule has 1 aliphatic carbocycles. The molecule has 0 N–H and O–H groups in total. The quantitative estimate of drug-likeness (QED) is 0.344. The van der Waals surface area contributed by atoms with Gasteiger partial charge in [-0.15, -0.1) is 0 Å². The maximum Gasteiger partial charge on any atom is 0.416 e. The van der Waals surface area contributed by atoms with Crippen LogP contribution in [0.25, 0.3) is 0 Å². The van der Waals surface area contributed by atoms with Gasteiger partial charge >= 0.3 is 12.4 Å². The average molecular weight is 483 g/mol. The van der Waals surface area contributed by atoms with Crippen molar-refractivity contribution in [3.8, 4) is 6.07 Å². The molecule has 184 valence electrons. The maximum absolute atomic E-state index is 13.9. The first kappa shape index (κ1) is 26.1. The predicted octanol–water partition coefficient (Wildman–Crippen LogP) is 7.59. The minimum Gasteiger partial charge on any atom is -0.299 e. The van der Waals surface area contributed by atoms with E-state index in [9.17, 15) is 31.6 Å². The summed E-state index contributed by atoms with van der Waals surface area (Å²) in [6.07, 6.45) is -8.16. The molecule has 0 heterocycles. The smallest absolute Gasteiger partial charge is 0.299 e. The van der Waals surface area contributed by atoms with Crippen molar-refractivity contribution in [2.45, 2.75) is 63.3 Å². The second-order valence-corrected chi connectivity index (χ2v) is 8.89. The third-order valence-corrected chi connectivity index (χ3v) is 6.86. The summed E-state index contributed by atoms with van der Waals surface area (Å²) in [6, 6.07) is 13.7. The van der Waals surface area contributed by atoms with E-state index in [1.807, 2.05) is 43.3 Å². The van der Waals surface area contributed by atoms with Crippen LogP contribution >= 0.6 is 0 Å². The summed E-state index contributed by atoms with van der Waals surface area (Å²) in [5.41, 5.74) is -4.38. The number of halogens is 6. The van der Waals surface area contributed by atoms with Crippen LogP contribution in [0.1, 0.15) is 61.3 Å². The van der Waals surface area contributed by atoms with Crippen molar-refractivity contribution in [1.29, 1.82) is 5.26 Å². The molecule has 2 nitrogen and oxygen atoms in total. The topological polar surface area (TPSA) is 27.0 Å². The Labute approximate surface area is 196 Å². The summed E-state index contributed by atoms with van der Waals surface area (Å²) in [5, 5.41) is 10.2. The van der Waals surface area contributed by atoms with Crippen LogP contribution in [0.3, 0.4) is 0 Å². The highest BCUT2D eigenvalue weighted by atomic mass is 19.4. The van der Waals surface area contributed by atoms with E-state index < -0.39 is 40.4 Å². The Morgan fingerprint density at radius 3 is 1.94 bits per heavy atom. The van der Waals surface area contributed by atoms with Gasteiger partial charge in [0.25, 0.3) is 0 Å². The van der Waals surface area contributed by atoms with Gasteiger partial charge in [-0.3, -0.25) is 4.90 Å². The predicted molar refractivity (Wildman–Crippen MR) is 118 cm³/mol. The second kappa shape index (κ2) is 10.4. The lowest BCUT2D eigenvalue weighted by Crippen LogP contribution is -2.42. The van der Waals surface area contributed by atoms with Crippen LogP contribution < -0.4 is 0 Å². The molecule has 1 atom stereocenters. The van der Waals surface area contributed by atoms with Crippen molar-refractivity contribution in [1.82, 2.24) is 4.90 Å². The number of rotatable bonds is 9. The molecule has 2 aromatic rings. The van der Waals surface area contributed by atoms with Gasteiger partial charge in [0.15, 0.2) is 0 Å². The fourth-order valence-corrected chi connectivity index (χ4v) is 4.91. The molecule has 1 unspecified atom stereocenters. The number of hydrogen-bond acceptors (Lipinski definition) is 2. The van der Waals surface area contributed by atoms with E-state index in [0.717, 1.165) is 11.6 Å². The Kier molecular flexibility index (Phi) is 7.97. The molecule has 1 saturated carbocycles. The Morgan fingerprint density at radius 2 is 1.50 bits per heavy atom. The van der Waals surface area contributed by atoms with Crippen molar-refractivity contribution >= 4 is 0 Å². The molecule has 0 aliphatic heterocycles. The molecule has 34 heavy (non-hydrogen) atoms. The summed E-state index contributed by atoms with van der Waals surface area (Å²) in [6.45, 7) is 3.71. The highest BCUT2D eigenvalue weighted by Gasteiger charge is 2.52. The normalized spacial score (nSPS) is 16.7. The van der Waals surface area contributed by atoms with Gasteiger partial charge in [0.1, 0.15) is 0 Å². The lowest BCUT2D eigenvalue weighted by Gasteiger charge is -2.43. The molecule has 0 spiro atoms. The van der Waals surface area contributed by atoms with Gasteiger partial charge < -0.3 is 0 Å². The first-order valence-corrected chi connectivity index (χ1v) is 11.5. The second-order valence-electron chi connectivity index (χ2n) is 8.89. The number of alkyl halides is 6. The fourth-order valence-electron chi connectivity index (χ4n) is 4.91. The average Bonchev–Trinajstić information content (AvgIpc) is 2.75. The minimum atomic E-state index is -4.99. The Bertz CT molecular complexity index is 957. The van der Waals surface area contributed by atoms with Gasteiger partial charge in [-0.2, -0.15) is 31.6 Å². The minimum absolute atomic E-state index is 0.0599. The fraction of sp³-hybridized carbons (Fsp3) is 0.500. The van der Waals surface area contributed by atoms with Gasteiger partial charge in [0, 0.05) is 6.54 Å². The van der Waals surface area contributed by atoms with Gasteiger partial charge in [0.05, 0.1) is 22.6 Å². The Morgan fingerprint density at radius 1 is 0.912 bits per heavy atom. The summed E-state index contributed by atoms with van der Waals surface area (Å²) in [4.78, 5) is 2.08. The number of hydrogen-bond donors (Lipinski definition) is 0. The molecule has 3 rings (SSSR count). The molecule has 1 fully saturated rings. The highest BCUT2D eigenvalue weighted by molar-refractivity contribution is 5.49. The van der Waals surface area contributed by atoms with Crippen LogP contribution in [0.4, 0.5) is 26.3 Å². The van der Waals surface area contributed by atoms with E-state index in [0.29, 0.717) is 57.5 Å². The van der Waals surface area contributed by atoms with Gasteiger partial charge in [-0.1, -0.05) is 49.7 Å². The van der Waals surface area contributed by atoms with Gasteiger partial charge in [-0.05, 0) is 68.0 Å². The number of benzene rings is 2. The maximum atomic E-state index is 13.9. The van der Waals surface area contributed by atoms with Gasteiger partial charge in [-0.25, -0.2) is 0 Å².